The van der Waals surface area contributed by atoms with Gasteiger partial charge in [0.15, 0.2) is 0 Å². The molecule has 0 aliphatic carbocycles. The molecular formula is C30H42O6. The van der Waals surface area contributed by atoms with Crippen molar-refractivity contribution in [2.75, 3.05) is 26.4 Å². The largest absolute Gasteiger partial charge is 0.494 e. The Labute approximate surface area is 216 Å². The molecule has 6 nitrogen and oxygen atoms in total. The van der Waals surface area contributed by atoms with Gasteiger partial charge in [-0.2, -0.15) is 0 Å². The topological polar surface area (TPSA) is 74.2 Å². The summed E-state index contributed by atoms with van der Waals surface area (Å²) < 4.78 is 22.1. The lowest BCUT2D eigenvalue weighted by atomic mass is 10.1. The number of hydrogen-bond donors (Lipinski definition) is 1. The van der Waals surface area contributed by atoms with Gasteiger partial charge in [0.2, 0.25) is 0 Å². The maximum absolute atomic E-state index is 11.9. The van der Waals surface area contributed by atoms with Crippen LogP contribution < -0.4 is 9.47 Å². The molecule has 1 N–H and O–H groups in total. The fraction of sp³-hybridized carbons (Fsp3) is 0.500. The van der Waals surface area contributed by atoms with Crippen molar-refractivity contribution >= 4 is 5.97 Å². The molecule has 1 unspecified atom stereocenters. The highest BCUT2D eigenvalue weighted by atomic mass is 16.5. The maximum Gasteiger partial charge on any atom is 0.338 e. The van der Waals surface area contributed by atoms with E-state index < -0.39 is 12.1 Å². The zero-order valence-electron chi connectivity index (χ0n) is 21.7. The van der Waals surface area contributed by atoms with Gasteiger partial charge >= 0.3 is 5.97 Å². The number of carbonyl (C=O) groups is 1. The van der Waals surface area contributed by atoms with Gasteiger partial charge in [-0.1, -0.05) is 76.7 Å². The summed E-state index contributed by atoms with van der Waals surface area (Å²) in [4.78, 5) is 11.9. The highest BCUT2D eigenvalue weighted by Crippen LogP contribution is 2.18. The Morgan fingerprint density at radius 3 is 2.28 bits per heavy atom. The lowest BCUT2D eigenvalue weighted by Crippen LogP contribution is -2.23. The first-order valence-electron chi connectivity index (χ1n) is 13.1. The minimum absolute atomic E-state index is 0.116. The number of aliphatic hydroxyl groups excluding tert-OH is 1. The molecule has 6 heteroatoms. The Balaban J connectivity index is 1.57. The van der Waals surface area contributed by atoms with Crippen LogP contribution in [-0.2, 0) is 16.1 Å². The molecule has 0 bridgehead atoms. The van der Waals surface area contributed by atoms with E-state index in [1.54, 1.807) is 18.2 Å². The lowest BCUT2D eigenvalue weighted by molar-refractivity contribution is 0.00545. The molecule has 0 heterocycles. The van der Waals surface area contributed by atoms with Gasteiger partial charge in [-0.05, 0) is 48.4 Å². The van der Waals surface area contributed by atoms with Gasteiger partial charge in [-0.15, -0.1) is 0 Å². The molecular weight excluding hydrogens is 456 g/mol. The lowest BCUT2D eigenvalue weighted by Gasteiger charge is -2.13. The molecule has 0 aliphatic heterocycles. The van der Waals surface area contributed by atoms with Crippen LogP contribution in [0.4, 0.5) is 0 Å². The number of carbonyl (C=O) groups excluding carboxylic acids is 1. The van der Waals surface area contributed by atoms with Crippen molar-refractivity contribution in [1.29, 1.82) is 0 Å². The molecule has 36 heavy (non-hydrogen) atoms. The summed E-state index contributed by atoms with van der Waals surface area (Å²) in [6.07, 6.45) is 11.0. The van der Waals surface area contributed by atoms with Crippen molar-refractivity contribution in [2.24, 2.45) is 0 Å². The summed E-state index contributed by atoms with van der Waals surface area (Å²) in [6.45, 7) is 7.17. The third kappa shape index (κ3) is 12.8. The van der Waals surface area contributed by atoms with E-state index in [1.807, 2.05) is 30.3 Å². The molecule has 1 atom stereocenters. The quantitative estimate of drug-likeness (QED) is 0.127. The Bertz CT molecular complexity index is 864. The van der Waals surface area contributed by atoms with Crippen molar-refractivity contribution < 1.29 is 28.8 Å². The molecule has 0 radical (unpaired) electrons. The van der Waals surface area contributed by atoms with Gasteiger partial charge in [-0.25, -0.2) is 4.79 Å². The number of ether oxygens (including phenoxy) is 4. The average molecular weight is 499 g/mol. The number of benzene rings is 2. The van der Waals surface area contributed by atoms with Gasteiger partial charge < -0.3 is 24.1 Å². The number of unbranched alkanes of at least 4 members (excludes halogenated alkanes) is 7. The van der Waals surface area contributed by atoms with Gasteiger partial charge in [0.05, 0.1) is 25.4 Å². The van der Waals surface area contributed by atoms with Gasteiger partial charge in [-0.3, -0.25) is 0 Å². The summed E-state index contributed by atoms with van der Waals surface area (Å²) in [5.41, 5.74) is 1.27. The number of aliphatic hydroxyl groups is 1. The minimum Gasteiger partial charge on any atom is -0.494 e. The zero-order chi connectivity index (χ0) is 25.8. The standard InChI is InChI=1S/C30H42O6/c1-3-5-6-7-8-9-10-11-20-34-28-15-17-29(18-16-28)36-24-27(31)23-33-22-25-13-12-14-26(21-25)30(32)35-19-4-2/h4,12-18,21,27,31H,2-3,5-11,19-20,22-24H2,1H3. The maximum atomic E-state index is 11.9. The van der Waals surface area contributed by atoms with Crippen molar-refractivity contribution in [3.8, 4) is 11.5 Å². The zero-order valence-corrected chi connectivity index (χ0v) is 21.7. The van der Waals surface area contributed by atoms with Crippen LogP contribution in [0.15, 0.2) is 61.2 Å². The van der Waals surface area contributed by atoms with E-state index in [9.17, 15) is 9.90 Å². The third-order valence-corrected chi connectivity index (χ3v) is 5.61. The van der Waals surface area contributed by atoms with Crippen molar-refractivity contribution in [1.82, 2.24) is 0 Å². The molecule has 0 aliphatic rings. The van der Waals surface area contributed by atoms with Crippen LogP contribution in [0.1, 0.15) is 74.2 Å². The van der Waals surface area contributed by atoms with Crippen molar-refractivity contribution in [2.45, 2.75) is 71.0 Å². The number of hydrogen-bond acceptors (Lipinski definition) is 6. The van der Waals surface area contributed by atoms with Crippen LogP contribution in [0.3, 0.4) is 0 Å². The van der Waals surface area contributed by atoms with Crippen molar-refractivity contribution in [3.63, 3.8) is 0 Å². The molecule has 198 valence electrons. The first kappa shape index (κ1) is 29.4. The predicted octanol–water partition coefficient (Wildman–Crippen LogP) is 6.51. The summed E-state index contributed by atoms with van der Waals surface area (Å²) in [6, 6.07) is 14.5. The average Bonchev–Trinajstić information content (AvgIpc) is 2.90. The van der Waals surface area contributed by atoms with Crippen LogP contribution in [0.2, 0.25) is 0 Å². The summed E-state index contributed by atoms with van der Waals surface area (Å²) >= 11 is 0. The van der Waals surface area contributed by atoms with E-state index in [2.05, 4.69) is 13.5 Å². The fourth-order valence-corrected chi connectivity index (χ4v) is 3.62. The van der Waals surface area contributed by atoms with E-state index >= 15 is 0 Å². The highest BCUT2D eigenvalue weighted by Gasteiger charge is 2.09. The van der Waals surface area contributed by atoms with Gasteiger partial charge in [0.1, 0.15) is 30.8 Å². The Morgan fingerprint density at radius 1 is 0.917 bits per heavy atom. The molecule has 2 aromatic carbocycles. The first-order chi connectivity index (χ1) is 17.6. The van der Waals surface area contributed by atoms with Crippen LogP contribution in [0, 0.1) is 0 Å². The van der Waals surface area contributed by atoms with Gasteiger partial charge in [0.25, 0.3) is 0 Å². The van der Waals surface area contributed by atoms with E-state index in [0.717, 1.165) is 24.3 Å². The Hall–Kier alpha value is -2.83. The van der Waals surface area contributed by atoms with Crippen LogP contribution in [0.25, 0.3) is 0 Å². The third-order valence-electron chi connectivity index (χ3n) is 5.61. The monoisotopic (exact) mass is 498 g/mol. The summed E-state index contributed by atoms with van der Waals surface area (Å²) in [5.74, 6) is 1.08. The van der Waals surface area contributed by atoms with Crippen LogP contribution in [-0.4, -0.2) is 43.6 Å². The molecule has 0 saturated heterocycles. The van der Waals surface area contributed by atoms with Crippen LogP contribution in [0.5, 0.6) is 11.5 Å². The molecule has 0 spiro atoms. The summed E-state index contributed by atoms with van der Waals surface area (Å²) in [5, 5.41) is 10.2. The van der Waals surface area contributed by atoms with Gasteiger partial charge in [0, 0.05) is 0 Å². The second-order valence-electron chi connectivity index (χ2n) is 8.86. The second-order valence-corrected chi connectivity index (χ2v) is 8.86. The SMILES string of the molecule is C=CCOC(=O)c1cccc(COCC(O)COc2ccc(OCCCCCCCCCC)cc2)c1. The van der Waals surface area contributed by atoms with E-state index in [4.69, 9.17) is 18.9 Å². The highest BCUT2D eigenvalue weighted by molar-refractivity contribution is 5.89. The molecule has 0 amide bonds. The fourth-order valence-electron chi connectivity index (χ4n) is 3.62. The van der Waals surface area contributed by atoms with Crippen molar-refractivity contribution in [3.05, 3.63) is 72.3 Å². The van der Waals surface area contributed by atoms with Crippen LogP contribution >= 0.6 is 0 Å². The second kappa shape index (κ2) is 18.4. The Morgan fingerprint density at radius 2 is 1.58 bits per heavy atom. The molecule has 0 saturated carbocycles. The first-order valence-corrected chi connectivity index (χ1v) is 13.1. The Kier molecular flexibility index (Phi) is 15.1. The van der Waals surface area contributed by atoms with E-state index in [0.29, 0.717) is 11.3 Å². The molecule has 0 aromatic heterocycles. The number of esters is 1. The molecule has 2 aromatic rings. The van der Waals surface area contributed by atoms with E-state index in [-0.39, 0.29) is 26.4 Å². The number of rotatable bonds is 20. The molecule has 2 rings (SSSR count). The summed E-state index contributed by atoms with van der Waals surface area (Å²) in [7, 11) is 0. The predicted molar refractivity (Wildman–Crippen MR) is 143 cm³/mol. The minimum atomic E-state index is -0.774. The molecule has 0 fully saturated rings. The van der Waals surface area contributed by atoms with E-state index in [1.165, 1.54) is 51.0 Å². The normalized spacial score (nSPS) is 11.6. The smallest absolute Gasteiger partial charge is 0.338 e.